The third-order valence-electron chi connectivity index (χ3n) is 8.61. The lowest BCUT2D eigenvalue weighted by molar-refractivity contribution is 0.0695. The zero-order valence-electron chi connectivity index (χ0n) is 24.6. The summed E-state index contributed by atoms with van der Waals surface area (Å²) in [6.07, 6.45) is 4.97. The number of aromatic nitrogens is 1. The van der Waals surface area contributed by atoms with Crippen LogP contribution < -0.4 is 20.0 Å². The number of ether oxygens (including phenoxy) is 1. The summed E-state index contributed by atoms with van der Waals surface area (Å²) in [6, 6.07) is 16.3. The van der Waals surface area contributed by atoms with Crippen LogP contribution in [0.1, 0.15) is 35.2 Å². The molecule has 9 nitrogen and oxygen atoms in total. The molecule has 0 aliphatic carbocycles. The molecule has 44 heavy (non-hydrogen) atoms. The number of aromatic carboxylic acids is 1. The number of hydrogen-bond donors (Lipinski definition) is 1. The van der Waals surface area contributed by atoms with Gasteiger partial charge in [0.25, 0.3) is 0 Å². The highest BCUT2D eigenvalue weighted by molar-refractivity contribution is 5.97. The third kappa shape index (κ3) is 5.58. The zero-order valence-corrected chi connectivity index (χ0v) is 24.6. The number of pyridine rings is 1. The van der Waals surface area contributed by atoms with Gasteiger partial charge in [0.05, 0.1) is 19.1 Å². The molecule has 0 spiro atoms. The van der Waals surface area contributed by atoms with Crippen molar-refractivity contribution in [2.75, 3.05) is 56.2 Å². The Hall–Kier alpha value is -4.88. The highest BCUT2D eigenvalue weighted by Crippen LogP contribution is 2.40. The van der Waals surface area contributed by atoms with E-state index >= 15 is 4.39 Å². The summed E-state index contributed by atoms with van der Waals surface area (Å²) in [6.45, 7) is 12.4. The molecule has 4 aromatic rings. The first kappa shape index (κ1) is 29.2. The lowest BCUT2D eigenvalue weighted by atomic mass is 10.1. The Morgan fingerprint density at radius 2 is 1.57 bits per heavy atom. The minimum Gasteiger partial charge on any atom is -0.492 e. The first-order chi connectivity index (χ1) is 21.4. The maximum Gasteiger partial charge on any atom is 0.341 e. The van der Waals surface area contributed by atoms with Crippen molar-refractivity contribution in [2.24, 2.45) is 0 Å². The van der Waals surface area contributed by atoms with Crippen LogP contribution >= 0.6 is 0 Å². The second kappa shape index (κ2) is 12.4. The van der Waals surface area contributed by atoms with E-state index in [1.165, 1.54) is 32.6 Å². The van der Waals surface area contributed by atoms with E-state index in [0.717, 1.165) is 37.0 Å². The molecule has 1 N–H and O–H groups in total. The Morgan fingerprint density at radius 1 is 0.932 bits per heavy atom. The van der Waals surface area contributed by atoms with Crippen molar-refractivity contribution in [3.8, 4) is 11.4 Å². The number of likely N-dealkylation sites (tertiary alicyclic amines) is 1. The number of fused-ring (bicyclic) bond motifs is 1. The van der Waals surface area contributed by atoms with Crippen LogP contribution in [0.25, 0.3) is 21.4 Å². The summed E-state index contributed by atoms with van der Waals surface area (Å²) in [5, 5.41) is 9.80. The van der Waals surface area contributed by atoms with Gasteiger partial charge in [-0.25, -0.2) is 14.0 Å². The topological polar surface area (TPSA) is 82.6 Å². The number of benzene rings is 3. The molecule has 226 valence electrons. The summed E-state index contributed by atoms with van der Waals surface area (Å²) in [7, 11) is 1.44. The molecular formula is C34H34FN5O4. The Kier molecular flexibility index (Phi) is 8.22. The fourth-order valence-corrected chi connectivity index (χ4v) is 6.32. The van der Waals surface area contributed by atoms with E-state index in [0.29, 0.717) is 43.1 Å². The van der Waals surface area contributed by atoms with Gasteiger partial charge in [-0.3, -0.25) is 9.69 Å². The Labute approximate surface area is 255 Å². The standard InChI is InChI=1S/C34H34FN5O4/c1-36-24-8-12-25(13-9-24)38-16-18-39(19-17-38)31-29(35)20-27-30(33(31)44-2)40(22-28(32(27)41)34(42)43)26-10-6-23(7-11-26)21-37-14-4-3-5-15-37/h6-13,20,22H,3-5,14-19,21H2,2H3,(H,42,43). The van der Waals surface area contributed by atoms with E-state index < -0.39 is 22.8 Å². The SMILES string of the molecule is [C-]#[N+]c1ccc(N2CCN(c3c(F)cc4c(=O)c(C(=O)O)cn(-c5ccc(CN6CCCCC6)cc5)c4c3OC)CC2)cc1. The number of carboxylic acid groups (broad SMARTS) is 1. The van der Waals surface area contributed by atoms with Crippen LogP contribution in [0.3, 0.4) is 0 Å². The number of nitrogens with zero attached hydrogens (tertiary/aromatic N) is 5. The first-order valence-electron chi connectivity index (χ1n) is 14.9. The molecule has 6 rings (SSSR count). The molecule has 2 saturated heterocycles. The average Bonchev–Trinajstić information content (AvgIpc) is 3.05. The maximum atomic E-state index is 15.9. The summed E-state index contributed by atoms with van der Waals surface area (Å²) in [5.41, 5.74) is 2.69. The number of anilines is 2. The molecule has 3 aromatic carbocycles. The summed E-state index contributed by atoms with van der Waals surface area (Å²) >= 11 is 0. The average molecular weight is 596 g/mol. The van der Waals surface area contributed by atoms with Crippen LogP contribution in [-0.2, 0) is 6.54 Å². The van der Waals surface area contributed by atoms with Gasteiger partial charge >= 0.3 is 5.97 Å². The van der Waals surface area contributed by atoms with Crippen molar-refractivity contribution in [2.45, 2.75) is 25.8 Å². The molecule has 0 atom stereocenters. The second-order valence-electron chi connectivity index (χ2n) is 11.3. The Morgan fingerprint density at radius 3 is 2.18 bits per heavy atom. The van der Waals surface area contributed by atoms with Gasteiger partial charge in [-0.1, -0.05) is 30.7 Å². The monoisotopic (exact) mass is 595 g/mol. The van der Waals surface area contributed by atoms with Crippen molar-refractivity contribution in [1.29, 1.82) is 0 Å². The van der Waals surface area contributed by atoms with E-state index in [4.69, 9.17) is 11.3 Å². The molecule has 0 unspecified atom stereocenters. The molecule has 1 aromatic heterocycles. The highest BCUT2D eigenvalue weighted by atomic mass is 19.1. The fraction of sp³-hybridized carbons (Fsp3) is 0.324. The molecule has 2 fully saturated rings. The van der Waals surface area contributed by atoms with Gasteiger partial charge < -0.3 is 24.2 Å². The smallest absolute Gasteiger partial charge is 0.341 e. The van der Waals surface area contributed by atoms with E-state index in [1.54, 1.807) is 16.7 Å². The second-order valence-corrected chi connectivity index (χ2v) is 11.3. The minimum absolute atomic E-state index is 0.0565. The number of halogens is 1. The molecule has 2 aliphatic heterocycles. The summed E-state index contributed by atoms with van der Waals surface area (Å²) < 4.78 is 23.4. The lowest BCUT2D eigenvalue weighted by Crippen LogP contribution is -2.47. The predicted octanol–water partition coefficient (Wildman–Crippen LogP) is 5.70. The van der Waals surface area contributed by atoms with Crippen LogP contribution in [-0.4, -0.2) is 66.9 Å². The van der Waals surface area contributed by atoms with E-state index in [-0.39, 0.29) is 16.8 Å². The van der Waals surface area contributed by atoms with E-state index in [9.17, 15) is 14.7 Å². The van der Waals surface area contributed by atoms with Crippen LogP contribution in [0.2, 0.25) is 0 Å². The molecule has 10 heteroatoms. The molecule has 2 aliphatic rings. The molecular weight excluding hydrogens is 561 g/mol. The number of rotatable bonds is 7. The number of piperidine rings is 1. The van der Waals surface area contributed by atoms with Gasteiger partial charge in [0.2, 0.25) is 5.43 Å². The number of carbonyl (C=O) groups is 1. The van der Waals surface area contributed by atoms with Crippen molar-refractivity contribution in [1.82, 2.24) is 9.47 Å². The Bertz CT molecular complexity index is 1780. The van der Waals surface area contributed by atoms with Crippen molar-refractivity contribution >= 4 is 33.9 Å². The third-order valence-corrected chi connectivity index (χ3v) is 8.61. The van der Waals surface area contributed by atoms with Crippen LogP contribution in [0.15, 0.2) is 65.6 Å². The number of piperazine rings is 1. The van der Waals surface area contributed by atoms with Gasteiger partial charge in [-0.15, -0.1) is 0 Å². The molecule has 0 saturated carbocycles. The van der Waals surface area contributed by atoms with Gasteiger partial charge in [-0.05, 0) is 61.8 Å². The minimum atomic E-state index is -1.38. The largest absolute Gasteiger partial charge is 0.492 e. The van der Waals surface area contributed by atoms with Gasteiger partial charge in [-0.2, -0.15) is 0 Å². The van der Waals surface area contributed by atoms with Gasteiger partial charge in [0.1, 0.15) is 16.8 Å². The molecule has 0 amide bonds. The van der Waals surface area contributed by atoms with Gasteiger partial charge in [0, 0.05) is 50.3 Å². The number of methoxy groups -OCH3 is 1. The molecule has 0 radical (unpaired) electrons. The fourth-order valence-electron chi connectivity index (χ4n) is 6.32. The van der Waals surface area contributed by atoms with Gasteiger partial charge in [0.15, 0.2) is 17.3 Å². The summed E-state index contributed by atoms with van der Waals surface area (Å²) in [4.78, 5) is 35.4. The van der Waals surface area contributed by atoms with Crippen LogP contribution in [0.5, 0.6) is 5.75 Å². The highest BCUT2D eigenvalue weighted by Gasteiger charge is 2.28. The quantitative estimate of drug-likeness (QED) is 0.275. The maximum absolute atomic E-state index is 15.9. The van der Waals surface area contributed by atoms with Crippen LogP contribution in [0.4, 0.5) is 21.5 Å². The van der Waals surface area contributed by atoms with E-state index in [2.05, 4.69) is 14.6 Å². The lowest BCUT2D eigenvalue weighted by Gasteiger charge is -2.38. The van der Waals surface area contributed by atoms with Crippen molar-refractivity contribution < 1.29 is 19.0 Å². The molecule has 3 heterocycles. The zero-order chi connectivity index (χ0) is 30.8. The first-order valence-corrected chi connectivity index (χ1v) is 14.9. The predicted molar refractivity (Wildman–Crippen MR) is 169 cm³/mol. The summed E-state index contributed by atoms with van der Waals surface area (Å²) in [5.74, 6) is -1.84. The van der Waals surface area contributed by atoms with Crippen molar-refractivity contribution in [3.63, 3.8) is 0 Å². The number of carboxylic acids is 1. The van der Waals surface area contributed by atoms with E-state index in [1.807, 2.05) is 41.3 Å². The van der Waals surface area contributed by atoms with Crippen LogP contribution in [0, 0.1) is 12.4 Å². The molecule has 0 bridgehead atoms. The number of hydrogen-bond acceptors (Lipinski definition) is 6. The van der Waals surface area contributed by atoms with Crippen molar-refractivity contribution in [3.05, 3.63) is 99.4 Å². The normalized spacial score (nSPS) is 15.8. The Balaban J connectivity index is 1.38.